The number of anilines is 2. The van der Waals surface area contributed by atoms with Crippen LogP contribution in [0.5, 0.6) is 0 Å². The molecule has 1 heterocycles. The van der Waals surface area contributed by atoms with Crippen LogP contribution in [-0.2, 0) is 0 Å². The number of aryl methyl sites for hydroxylation is 1. The molecule has 1 aromatic heterocycles. The van der Waals surface area contributed by atoms with E-state index in [0.29, 0.717) is 19.4 Å². The van der Waals surface area contributed by atoms with Gasteiger partial charge in [-0.2, -0.15) is 4.98 Å². The Labute approximate surface area is 98.0 Å². The number of hydrogen-bond donors (Lipinski definition) is 3. The summed E-state index contributed by atoms with van der Waals surface area (Å²) in [4.78, 5) is 17.9. The van der Waals surface area contributed by atoms with Crippen LogP contribution in [0, 0.1) is 17.0 Å². The summed E-state index contributed by atoms with van der Waals surface area (Å²) < 4.78 is 0. The van der Waals surface area contributed by atoms with Crippen molar-refractivity contribution >= 4 is 17.5 Å². The summed E-state index contributed by atoms with van der Waals surface area (Å²) in [5, 5.41) is 22.3. The average molecular weight is 241 g/mol. The van der Waals surface area contributed by atoms with Gasteiger partial charge in [-0.1, -0.05) is 0 Å². The average Bonchev–Trinajstić information content (AvgIpc) is 2.22. The van der Waals surface area contributed by atoms with E-state index in [4.69, 9.17) is 10.8 Å². The number of aliphatic hydroxyl groups excluding tert-OH is 1. The van der Waals surface area contributed by atoms with Crippen LogP contribution in [-0.4, -0.2) is 33.1 Å². The van der Waals surface area contributed by atoms with Crippen LogP contribution in [0.4, 0.5) is 17.5 Å². The lowest BCUT2D eigenvalue weighted by molar-refractivity contribution is -0.385. The highest BCUT2D eigenvalue weighted by molar-refractivity contribution is 5.60. The van der Waals surface area contributed by atoms with Crippen molar-refractivity contribution in [3.63, 3.8) is 0 Å². The first-order valence-electron chi connectivity index (χ1n) is 5.19. The Morgan fingerprint density at radius 1 is 1.47 bits per heavy atom. The predicted octanol–water partition coefficient (Wildman–Crippen LogP) is 0.460. The number of nitrogens with two attached hydrogens (primary N) is 1. The smallest absolute Gasteiger partial charge is 0.332 e. The van der Waals surface area contributed by atoms with Crippen molar-refractivity contribution in [3.05, 3.63) is 15.8 Å². The quantitative estimate of drug-likeness (QED) is 0.375. The molecule has 8 nitrogen and oxygen atoms in total. The highest BCUT2D eigenvalue weighted by atomic mass is 16.6. The summed E-state index contributed by atoms with van der Waals surface area (Å²) in [5.74, 6) is 0.121. The maximum atomic E-state index is 10.8. The maximum absolute atomic E-state index is 10.8. The van der Waals surface area contributed by atoms with Crippen molar-refractivity contribution in [1.29, 1.82) is 0 Å². The van der Waals surface area contributed by atoms with E-state index in [9.17, 15) is 10.1 Å². The number of unbranched alkanes of at least 4 members (excludes halogenated alkanes) is 1. The Morgan fingerprint density at radius 3 is 2.76 bits per heavy atom. The molecule has 0 aliphatic rings. The minimum Gasteiger partial charge on any atom is -0.396 e. The van der Waals surface area contributed by atoms with E-state index in [0.717, 1.165) is 0 Å². The number of nitro groups is 1. The van der Waals surface area contributed by atoms with Gasteiger partial charge in [0.05, 0.1) is 4.92 Å². The second-order valence-corrected chi connectivity index (χ2v) is 3.48. The zero-order valence-corrected chi connectivity index (χ0v) is 9.51. The van der Waals surface area contributed by atoms with Crippen LogP contribution in [0.15, 0.2) is 0 Å². The van der Waals surface area contributed by atoms with Crippen molar-refractivity contribution in [1.82, 2.24) is 9.97 Å². The van der Waals surface area contributed by atoms with E-state index < -0.39 is 4.92 Å². The second-order valence-electron chi connectivity index (χ2n) is 3.48. The van der Waals surface area contributed by atoms with Gasteiger partial charge in [0.2, 0.25) is 11.8 Å². The molecule has 0 amide bonds. The summed E-state index contributed by atoms with van der Waals surface area (Å²) in [5.41, 5.74) is 5.50. The molecule has 8 heteroatoms. The topological polar surface area (TPSA) is 127 Å². The lowest BCUT2D eigenvalue weighted by atomic mass is 10.3. The van der Waals surface area contributed by atoms with E-state index in [1.165, 1.54) is 6.92 Å². The standard InChI is InChI=1S/C9H15N5O3/c1-6-7(14(16)17)8(13-9(10)12-6)11-4-2-3-5-15/h15H,2-5H2,1H3,(H3,10,11,12,13). The van der Waals surface area contributed by atoms with Crippen LogP contribution >= 0.6 is 0 Å². The summed E-state index contributed by atoms with van der Waals surface area (Å²) in [6, 6.07) is 0. The third-order valence-corrected chi connectivity index (χ3v) is 2.14. The first-order valence-corrected chi connectivity index (χ1v) is 5.19. The zero-order chi connectivity index (χ0) is 12.8. The van der Waals surface area contributed by atoms with E-state index in [1.807, 2.05) is 0 Å². The number of hydrogen-bond acceptors (Lipinski definition) is 7. The van der Waals surface area contributed by atoms with Crippen LogP contribution in [0.2, 0.25) is 0 Å². The molecule has 0 spiro atoms. The highest BCUT2D eigenvalue weighted by Crippen LogP contribution is 2.25. The van der Waals surface area contributed by atoms with Crippen LogP contribution in [0.1, 0.15) is 18.5 Å². The fourth-order valence-electron chi connectivity index (χ4n) is 1.37. The molecule has 0 aliphatic carbocycles. The molecule has 94 valence electrons. The molecule has 0 radical (unpaired) electrons. The molecule has 0 unspecified atom stereocenters. The Bertz CT molecular complexity index is 410. The molecule has 0 saturated heterocycles. The fraction of sp³-hybridized carbons (Fsp3) is 0.556. The van der Waals surface area contributed by atoms with Crippen LogP contribution in [0.3, 0.4) is 0 Å². The Balaban J connectivity index is 2.85. The second kappa shape index (κ2) is 5.94. The first-order chi connectivity index (χ1) is 8.06. The summed E-state index contributed by atoms with van der Waals surface area (Å²) in [7, 11) is 0. The van der Waals surface area contributed by atoms with Crippen LogP contribution < -0.4 is 11.1 Å². The largest absolute Gasteiger partial charge is 0.396 e. The van der Waals surface area contributed by atoms with Crippen molar-refractivity contribution in [2.45, 2.75) is 19.8 Å². The molecule has 1 aromatic rings. The summed E-state index contributed by atoms with van der Waals surface area (Å²) >= 11 is 0. The molecule has 0 fully saturated rings. The lowest BCUT2D eigenvalue weighted by Crippen LogP contribution is -2.10. The third kappa shape index (κ3) is 3.52. The van der Waals surface area contributed by atoms with Gasteiger partial charge in [0, 0.05) is 13.2 Å². The number of nitrogens with one attached hydrogen (secondary N) is 1. The normalized spacial score (nSPS) is 10.2. The molecule has 4 N–H and O–H groups in total. The van der Waals surface area contributed by atoms with Gasteiger partial charge in [0.15, 0.2) is 0 Å². The Kier molecular flexibility index (Phi) is 4.58. The molecular weight excluding hydrogens is 226 g/mol. The zero-order valence-electron chi connectivity index (χ0n) is 9.51. The highest BCUT2D eigenvalue weighted by Gasteiger charge is 2.20. The van der Waals surface area contributed by atoms with Crippen molar-refractivity contribution in [2.75, 3.05) is 24.2 Å². The molecule has 17 heavy (non-hydrogen) atoms. The molecule has 0 aliphatic heterocycles. The van der Waals surface area contributed by atoms with E-state index in [-0.39, 0.29) is 29.8 Å². The molecule has 0 aromatic carbocycles. The van der Waals surface area contributed by atoms with Gasteiger partial charge in [0.25, 0.3) is 0 Å². The first kappa shape index (κ1) is 13.1. The van der Waals surface area contributed by atoms with Gasteiger partial charge in [-0.3, -0.25) is 10.1 Å². The number of nitrogens with zero attached hydrogens (tertiary/aromatic N) is 3. The molecule has 0 bridgehead atoms. The minimum atomic E-state index is -0.539. The van der Waals surface area contributed by atoms with Crippen molar-refractivity contribution < 1.29 is 10.0 Å². The van der Waals surface area contributed by atoms with Crippen LogP contribution in [0.25, 0.3) is 0 Å². The number of aliphatic hydroxyl groups is 1. The Hall–Kier alpha value is -1.96. The Morgan fingerprint density at radius 2 is 2.18 bits per heavy atom. The molecule has 1 rings (SSSR count). The van der Waals surface area contributed by atoms with Gasteiger partial charge in [-0.25, -0.2) is 4.98 Å². The predicted molar refractivity (Wildman–Crippen MR) is 62.6 cm³/mol. The fourth-order valence-corrected chi connectivity index (χ4v) is 1.37. The molecule has 0 atom stereocenters. The molecular formula is C9H15N5O3. The van der Waals surface area contributed by atoms with E-state index in [2.05, 4.69) is 15.3 Å². The maximum Gasteiger partial charge on any atom is 0.332 e. The van der Waals surface area contributed by atoms with E-state index >= 15 is 0 Å². The monoisotopic (exact) mass is 241 g/mol. The number of rotatable bonds is 6. The van der Waals surface area contributed by atoms with Gasteiger partial charge >= 0.3 is 5.69 Å². The number of aromatic nitrogens is 2. The number of nitrogen functional groups attached to an aromatic ring is 1. The van der Waals surface area contributed by atoms with Gasteiger partial charge in [-0.05, 0) is 19.8 Å². The summed E-state index contributed by atoms with van der Waals surface area (Å²) in [6.45, 7) is 2.08. The SMILES string of the molecule is Cc1nc(N)nc(NCCCCO)c1[N+](=O)[O-]. The lowest BCUT2D eigenvalue weighted by Gasteiger charge is -2.07. The summed E-state index contributed by atoms with van der Waals surface area (Å²) in [6.07, 6.45) is 1.32. The van der Waals surface area contributed by atoms with Gasteiger partial charge in [-0.15, -0.1) is 0 Å². The molecule has 0 saturated carbocycles. The van der Waals surface area contributed by atoms with Crippen molar-refractivity contribution in [3.8, 4) is 0 Å². The third-order valence-electron chi connectivity index (χ3n) is 2.14. The van der Waals surface area contributed by atoms with Gasteiger partial charge in [0.1, 0.15) is 5.69 Å². The van der Waals surface area contributed by atoms with Crippen molar-refractivity contribution in [2.24, 2.45) is 0 Å². The van der Waals surface area contributed by atoms with E-state index in [1.54, 1.807) is 0 Å². The van der Waals surface area contributed by atoms with Gasteiger partial charge < -0.3 is 16.2 Å². The minimum absolute atomic E-state index is 0.00208.